The summed E-state index contributed by atoms with van der Waals surface area (Å²) in [7, 11) is 0. The fraction of sp³-hybridized carbons (Fsp3) is 0.345. The van der Waals surface area contributed by atoms with Crippen molar-refractivity contribution in [1.29, 1.82) is 0 Å². The SMILES string of the molecule is NC(=O)c1cccc(CCCC2CCN(c3ccc(NC(=O)c4cccc5c4OCC5)cn3)CC2)c1. The van der Waals surface area contributed by atoms with Crippen LogP contribution in [0.4, 0.5) is 11.5 Å². The summed E-state index contributed by atoms with van der Waals surface area (Å²) in [6.07, 6.45) is 8.10. The molecule has 1 saturated heterocycles. The van der Waals surface area contributed by atoms with Gasteiger partial charge in [-0.25, -0.2) is 4.98 Å². The molecule has 0 spiro atoms. The number of amides is 2. The molecule has 1 fully saturated rings. The first-order valence-electron chi connectivity index (χ1n) is 12.7. The lowest BCUT2D eigenvalue weighted by Crippen LogP contribution is -2.34. The van der Waals surface area contributed by atoms with Crippen LogP contribution in [-0.2, 0) is 12.8 Å². The number of benzene rings is 2. The summed E-state index contributed by atoms with van der Waals surface area (Å²) in [6.45, 7) is 2.58. The van der Waals surface area contributed by atoms with Crippen LogP contribution in [0.3, 0.4) is 0 Å². The molecule has 3 N–H and O–H groups in total. The number of rotatable bonds is 8. The molecule has 186 valence electrons. The summed E-state index contributed by atoms with van der Waals surface area (Å²) >= 11 is 0. The number of aryl methyl sites for hydroxylation is 1. The molecule has 7 nitrogen and oxygen atoms in total. The molecule has 0 saturated carbocycles. The van der Waals surface area contributed by atoms with Gasteiger partial charge in [-0.05, 0) is 79.5 Å². The van der Waals surface area contributed by atoms with Gasteiger partial charge in [-0.15, -0.1) is 0 Å². The van der Waals surface area contributed by atoms with E-state index in [1.54, 1.807) is 18.3 Å². The highest BCUT2D eigenvalue weighted by atomic mass is 16.5. The second-order valence-electron chi connectivity index (χ2n) is 9.64. The Morgan fingerprint density at radius 2 is 1.92 bits per heavy atom. The number of pyridine rings is 1. The Balaban J connectivity index is 1.08. The van der Waals surface area contributed by atoms with Crippen molar-refractivity contribution in [3.05, 3.63) is 83.0 Å². The van der Waals surface area contributed by atoms with Crippen LogP contribution in [0, 0.1) is 5.92 Å². The third-order valence-corrected chi connectivity index (χ3v) is 7.19. The monoisotopic (exact) mass is 484 g/mol. The lowest BCUT2D eigenvalue weighted by Gasteiger charge is -2.33. The lowest BCUT2D eigenvalue weighted by molar-refractivity contribution is 0.0997. The Morgan fingerprint density at radius 1 is 1.08 bits per heavy atom. The molecule has 2 amide bonds. The van der Waals surface area contributed by atoms with Gasteiger partial charge in [0.15, 0.2) is 0 Å². The molecule has 0 atom stereocenters. The van der Waals surface area contributed by atoms with E-state index in [0.29, 0.717) is 35.1 Å². The third kappa shape index (κ3) is 5.51. The van der Waals surface area contributed by atoms with E-state index in [-0.39, 0.29) is 11.8 Å². The van der Waals surface area contributed by atoms with Crippen LogP contribution in [0.15, 0.2) is 60.8 Å². The molecular weight excluding hydrogens is 452 g/mol. The maximum atomic E-state index is 12.8. The largest absolute Gasteiger partial charge is 0.492 e. The Labute approximate surface area is 211 Å². The number of hydrogen-bond acceptors (Lipinski definition) is 5. The van der Waals surface area contributed by atoms with Gasteiger partial charge in [0.05, 0.1) is 24.1 Å². The van der Waals surface area contributed by atoms with Gasteiger partial charge in [0.2, 0.25) is 5.91 Å². The first-order chi connectivity index (χ1) is 17.6. The molecule has 3 heterocycles. The van der Waals surface area contributed by atoms with Crippen molar-refractivity contribution in [3.8, 4) is 5.75 Å². The quantitative estimate of drug-likeness (QED) is 0.487. The van der Waals surface area contributed by atoms with Crippen LogP contribution in [0.1, 0.15) is 57.5 Å². The number of piperidine rings is 1. The van der Waals surface area contributed by atoms with Crippen LogP contribution < -0.4 is 20.7 Å². The number of para-hydroxylation sites is 1. The average Bonchev–Trinajstić information content (AvgIpc) is 3.39. The van der Waals surface area contributed by atoms with Crippen molar-refractivity contribution in [2.24, 2.45) is 11.7 Å². The minimum atomic E-state index is -0.373. The van der Waals surface area contributed by atoms with Gasteiger partial charge in [0.1, 0.15) is 11.6 Å². The van der Waals surface area contributed by atoms with Gasteiger partial charge in [-0.1, -0.05) is 24.3 Å². The molecule has 0 bridgehead atoms. The Bertz CT molecular complexity index is 1230. The second-order valence-corrected chi connectivity index (χ2v) is 9.64. The second kappa shape index (κ2) is 10.8. The number of hydrogen-bond donors (Lipinski definition) is 2. The highest BCUT2D eigenvalue weighted by Gasteiger charge is 2.22. The zero-order valence-electron chi connectivity index (χ0n) is 20.4. The zero-order valence-corrected chi connectivity index (χ0v) is 20.4. The highest BCUT2D eigenvalue weighted by molar-refractivity contribution is 6.06. The summed E-state index contributed by atoms with van der Waals surface area (Å²) in [5.74, 6) is 1.79. The van der Waals surface area contributed by atoms with Crippen LogP contribution >= 0.6 is 0 Å². The summed E-state index contributed by atoms with van der Waals surface area (Å²) in [6, 6.07) is 17.2. The number of nitrogens with two attached hydrogens (primary N) is 1. The molecule has 36 heavy (non-hydrogen) atoms. The summed E-state index contributed by atoms with van der Waals surface area (Å²) in [4.78, 5) is 31.1. The van der Waals surface area contributed by atoms with Crippen molar-refractivity contribution < 1.29 is 14.3 Å². The first-order valence-corrected chi connectivity index (χ1v) is 12.7. The van der Waals surface area contributed by atoms with Gasteiger partial charge in [0, 0.05) is 25.1 Å². The smallest absolute Gasteiger partial charge is 0.259 e. The van der Waals surface area contributed by atoms with Gasteiger partial charge in [-0.3, -0.25) is 9.59 Å². The van der Waals surface area contributed by atoms with E-state index >= 15 is 0 Å². The molecule has 5 rings (SSSR count). The lowest BCUT2D eigenvalue weighted by atomic mass is 9.90. The number of aromatic nitrogens is 1. The van der Waals surface area contributed by atoms with E-state index in [4.69, 9.17) is 10.5 Å². The molecule has 0 radical (unpaired) electrons. The molecule has 3 aromatic rings. The van der Waals surface area contributed by atoms with E-state index in [2.05, 4.69) is 21.3 Å². The van der Waals surface area contributed by atoms with E-state index in [1.165, 1.54) is 12.0 Å². The number of nitrogens with zero attached hydrogens (tertiary/aromatic N) is 2. The third-order valence-electron chi connectivity index (χ3n) is 7.19. The first kappa shape index (κ1) is 23.9. The van der Waals surface area contributed by atoms with E-state index in [1.807, 2.05) is 36.4 Å². The molecule has 0 unspecified atom stereocenters. The summed E-state index contributed by atoms with van der Waals surface area (Å²) in [5.41, 5.74) is 9.46. The van der Waals surface area contributed by atoms with Crippen molar-refractivity contribution in [3.63, 3.8) is 0 Å². The molecular formula is C29H32N4O3. The number of carbonyl (C=O) groups is 2. The minimum Gasteiger partial charge on any atom is -0.492 e. The van der Waals surface area contributed by atoms with Crippen molar-refractivity contribution in [2.45, 2.75) is 38.5 Å². The van der Waals surface area contributed by atoms with Crippen LogP contribution in [0.5, 0.6) is 5.75 Å². The Hall–Kier alpha value is -3.87. The van der Waals surface area contributed by atoms with Crippen molar-refractivity contribution in [2.75, 3.05) is 29.9 Å². The van der Waals surface area contributed by atoms with Crippen LogP contribution in [0.25, 0.3) is 0 Å². The fourth-order valence-corrected chi connectivity index (χ4v) is 5.17. The maximum Gasteiger partial charge on any atom is 0.259 e. The zero-order chi connectivity index (χ0) is 24.9. The topological polar surface area (TPSA) is 97.6 Å². The predicted octanol–water partition coefficient (Wildman–Crippen LogP) is 4.61. The number of anilines is 2. The van der Waals surface area contributed by atoms with E-state index in [9.17, 15) is 9.59 Å². The summed E-state index contributed by atoms with van der Waals surface area (Å²) in [5, 5.41) is 2.95. The van der Waals surface area contributed by atoms with Gasteiger partial charge >= 0.3 is 0 Å². The number of nitrogens with one attached hydrogen (secondary N) is 1. The predicted molar refractivity (Wildman–Crippen MR) is 141 cm³/mol. The number of ether oxygens (including phenoxy) is 1. The van der Waals surface area contributed by atoms with Gasteiger partial charge < -0.3 is 20.7 Å². The number of primary amides is 1. The molecule has 2 aliphatic heterocycles. The standard InChI is InChI=1S/C29H32N4O3/c30-28(34)23-8-2-6-21(18-23)5-1-4-20-12-15-33(16-13-20)26-11-10-24(19-31-26)32-29(35)25-9-3-7-22-14-17-36-27(22)25/h2-3,6-11,18-20H,1,4-5,12-17H2,(H2,30,34)(H,32,35). The van der Waals surface area contributed by atoms with E-state index in [0.717, 1.165) is 56.6 Å². The van der Waals surface area contributed by atoms with Gasteiger partial charge in [-0.2, -0.15) is 0 Å². The van der Waals surface area contributed by atoms with Gasteiger partial charge in [0.25, 0.3) is 5.91 Å². The van der Waals surface area contributed by atoms with Crippen LogP contribution in [0.2, 0.25) is 0 Å². The highest BCUT2D eigenvalue weighted by Crippen LogP contribution is 2.30. The minimum absolute atomic E-state index is 0.175. The molecule has 0 aliphatic carbocycles. The Morgan fingerprint density at radius 3 is 2.69 bits per heavy atom. The normalized spacial score (nSPS) is 15.3. The number of fused-ring (bicyclic) bond motifs is 1. The summed E-state index contributed by atoms with van der Waals surface area (Å²) < 4.78 is 5.66. The number of carbonyl (C=O) groups excluding carboxylic acids is 2. The Kier molecular flexibility index (Phi) is 7.16. The van der Waals surface area contributed by atoms with Crippen molar-refractivity contribution in [1.82, 2.24) is 4.98 Å². The van der Waals surface area contributed by atoms with Crippen molar-refractivity contribution >= 4 is 23.3 Å². The van der Waals surface area contributed by atoms with Crippen LogP contribution in [-0.4, -0.2) is 36.5 Å². The average molecular weight is 485 g/mol. The molecule has 1 aromatic heterocycles. The fourth-order valence-electron chi connectivity index (χ4n) is 5.17. The molecule has 2 aliphatic rings. The maximum absolute atomic E-state index is 12.8. The molecule has 2 aromatic carbocycles. The molecule has 7 heteroatoms. The van der Waals surface area contributed by atoms with E-state index < -0.39 is 0 Å².